The van der Waals surface area contributed by atoms with Crippen molar-refractivity contribution in [3.05, 3.63) is 77.9 Å². The predicted molar refractivity (Wildman–Crippen MR) is 92.7 cm³/mol. The van der Waals surface area contributed by atoms with Gasteiger partial charge in [-0.15, -0.1) is 6.58 Å². The fraction of sp³-hybridized carbons (Fsp3) is 0.158. The van der Waals surface area contributed by atoms with Crippen LogP contribution in [0.3, 0.4) is 0 Å². The highest BCUT2D eigenvalue weighted by Gasteiger charge is 2.30. The molecule has 136 valence electrons. The molecule has 0 aromatic heterocycles. The van der Waals surface area contributed by atoms with E-state index in [1.54, 1.807) is 18.2 Å². The number of anilines is 1. The van der Waals surface area contributed by atoms with E-state index in [-0.39, 0.29) is 35.7 Å². The number of carbonyl (C=O) groups is 2. The molecule has 2 aromatic carbocycles. The van der Waals surface area contributed by atoms with Gasteiger partial charge in [0.2, 0.25) is 5.91 Å². The summed E-state index contributed by atoms with van der Waals surface area (Å²) in [7, 11) is 0. The first kappa shape index (κ1) is 19.2. The highest BCUT2D eigenvalue weighted by molar-refractivity contribution is 6.04. The second-order valence-corrected chi connectivity index (χ2v) is 5.47. The number of hydrogen-bond acceptors (Lipinski definition) is 2. The van der Waals surface area contributed by atoms with Gasteiger partial charge in [-0.25, -0.2) is 0 Å². The number of hydrogen-bond donors (Lipinski definition) is 2. The van der Waals surface area contributed by atoms with E-state index in [0.29, 0.717) is 0 Å². The van der Waals surface area contributed by atoms with E-state index >= 15 is 0 Å². The molecular formula is C19H17F3N2O2. The van der Waals surface area contributed by atoms with Gasteiger partial charge in [-0.05, 0) is 23.8 Å². The number of para-hydroxylation sites is 1. The summed E-state index contributed by atoms with van der Waals surface area (Å²) in [5.41, 5.74) is -0.0456. The average Bonchev–Trinajstić information content (AvgIpc) is 2.59. The van der Waals surface area contributed by atoms with Gasteiger partial charge in [-0.3, -0.25) is 9.59 Å². The van der Waals surface area contributed by atoms with Crippen molar-refractivity contribution >= 4 is 17.5 Å². The summed E-state index contributed by atoms with van der Waals surface area (Å²) < 4.78 is 38.2. The Labute approximate surface area is 148 Å². The summed E-state index contributed by atoms with van der Waals surface area (Å²) in [5.74, 6) is -0.909. The predicted octanol–water partition coefficient (Wildman–Crippen LogP) is 3.80. The molecule has 2 rings (SSSR count). The Morgan fingerprint density at radius 2 is 1.81 bits per heavy atom. The van der Waals surface area contributed by atoms with E-state index in [1.807, 2.05) is 0 Å². The number of amides is 2. The maximum atomic E-state index is 12.7. The Balaban J connectivity index is 2.11. The number of carbonyl (C=O) groups excluding carboxylic acids is 2. The Bertz CT molecular complexity index is 816. The Morgan fingerprint density at radius 3 is 2.50 bits per heavy atom. The molecule has 2 amide bonds. The first-order chi connectivity index (χ1) is 12.3. The van der Waals surface area contributed by atoms with Crippen LogP contribution in [0.5, 0.6) is 0 Å². The normalized spacial score (nSPS) is 10.9. The first-order valence-electron chi connectivity index (χ1n) is 7.75. The molecule has 4 nitrogen and oxygen atoms in total. The van der Waals surface area contributed by atoms with E-state index in [4.69, 9.17) is 0 Å². The summed E-state index contributed by atoms with van der Waals surface area (Å²) in [6.07, 6.45) is -3.19. The number of alkyl halides is 3. The van der Waals surface area contributed by atoms with Crippen LogP contribution in [0.1, 0.15) is 21.5 Å². The third kappa shape index (κ3) is 5.20. The van der Waals surface area contributed by atoms with Crippen molar-refractivity contribution < 1.29 is 22.8 Å². The maximum Gasteiger partial charge on any atom is 0.416 e. The molecule has 0 aliphatic heterocycles. The van der Waals surface area contributed by atoms with Gasteiger partial charge in [0.15, 0.2) is 0 Å². The summed E-state index contributed by atoms with van der Waals surface area (Å²) in [5, 5.41) is 5.17. The fourth-order valence-electron chi connectivity index (χ4n) is 2.29. The number of nitrogens with one attached hydrogen (secondary N) is 2. The lowest BCUT2D eigenvalue weighted by molar-refractivity contribution is -0.137. The van der Waals surface area contributed by atoms with Crippen molar-refractivity contribution in [2.24, 2.45) is 0 Å². The summed E-state index contributed by atoms with van der Waals surface area (Å²) in [6, 6.07) is 10.9. The zero-order valence-corrected chi connectivity index (χ0v) is 13.8. The molecule has 2 aromatic rings. The van der Waals surface area contributed by atoms with Crippen LogP contribution in [0.15, 0.2) is 61.2 Å². The van der Waals surface area contributed by atoms with Crippen LogP contribution in [0.2, 0.25) is 0 Å². The van der Waals surface area contributed by atoms with E-state index in [0.717, 1.165) is 12.1 Å². The first-order valence-corrected chi connectivity index (χ1v) is 7.75. The second-order valence-electron chi connectivity index (χ2n) is 5.47. The van der Waals surface area contributed by atoms with Gasteiger partial charge >= 0.3 is 6.18 Å². The van der Waals surface area contributed by atoms with Crippen molar-refractivity contribution in [1.29, 1.82) is 0 Å². The zero-order valence-electron chi connectivity index (χ0n) is 13.8. The lowest BCUT2D eigenvalue weighted by Crippen LogP contribution is -2.25. The molecule has 7 heteroatoms. The molecule has 0 saturated heterocycles. The van der Waals surface area contributed by atoms with Gasteiger partial charge in [-0.1, -0.05) is 36.4 Å². The molecule has 0 aliphatic carbocycles. The molecule has 0 aliphatic rings. The quantitative estimate of drug-likeness (QED) is 0.768. The van der Waals surface area contributed by atoms with Crippen LogP contribution in [0, 0.1) is 0 Å². The maximum absolute atomic E-state index is 12.7. The number of halogens is 3. The van der Waals surface area contributed by atoms with Crippen molar-refractivity contribution in [2.75, 3.05) is 11.9 Å². The highest BCUT2D eigenvalue weighted by Crippen LogP contribution is 2.29. The van der Waals surface area contributed by atoms with Gasteiger partial charge in [0.25, 0.3) is 5.91 Å². The minimum atomic E-state index is -4.47. The van der Waals surface area contributed by atoms with Gasteiger partial charge in [0.1, 0.15) is 0 Å². The zero-order chi connectivity index (χ0) is 19.2. The van der Waals surface area contributed by atoms with Crippen LogP contribution in [0.4, 0.5) is 18.9 Å². The lowest BCUT2D eigenvalue weighted by Gasteiger charge is -2.12. The van der Waals surface area contributed by atoms with Crippen LogP contribution >= 0.6 is 0 Å². The summed E-state index contributed by atoms with van der Waals surface area (Å²) in [6.45, 7) is 3.77. The third-order valence-corrected chi connectivity index (χ3v) is 3.47. The molecule has 26 heavy (non-hydrogen) atoms. The largest absolute Gasteiger partial charge is 0.416 e. The minimum Gasteiger partial charge on any atom is -0.349 e. The molecule has 0 spiro atoms. The van der Waals surface area contributed by atoms with Gasteiger partial charge in [0.05, 0.1) is 23.2 Å². The standard InChI is InChI=1S/C19H17F3N2O2/c1-2-10-23-18(26)15-8-3-4-9-16(15)24-17(25)12-13-6-5-7-14(11-13)19(20,21)22/h2-9,11H,1,10,12H2,(H,23,26)(H,24,25). The molecular weight excluding hydrogens is 345 g/mol. The van der Waals surface area contributed by atoms with Crippen molar-refractivity contribution in [2.45, 2.75) is 12.6 Å². The van der Waals surface area contributed by atoms with Crippen molar-refractivity contribution in [3.8, 4) is 0 Å². The molecule has 0 atom stereocenters. The Morgan fingerprint density at radius 1 is 1.08 bits per heavy atom. The van der Waals surface area contributed by atoms with E-state index in [9.17, 15) is 22.8 Å². The number of rotatable bonds is 6. The molecule has 0 radical (unpaired) electrons. The average molecular weight is 362 g/mol. The van der Waals surface area contributed by atoms with Crippen LogP contribution < -0.4 is 10.6 Å². The van der Waals surface area contributed by atoms with Gasteiger partial charge < -0.3 is 10.6 Å². The molecule has 0 fully saturated rings. The minimum absolute atomic E-state index is 0.228. The Hall–Kier alpha value is -3.09. The number of benzene rings is 2. The SMILES string of the molecule is C=CCNC(=O)c1ccccc1NC(=O)Cc1cccc(C(F)(F)F)c1. The van der Waals surface area contributed by atoms with Crippen LogP contribution in [0.25, 0.3) is 0 Å². The topological polar surface area (TPSA) is 58.2 Å². The monoisotopic (exact) mass is 362 g/mol. The highest BCUT2D eigenvalue weighted by atomic mass is 19.4. The van der Waals surface area contributed by atoms with Crippen LogP contribution in [-0.2, 0) is 17.4 Å². The summed E-state index contributed by atoms with van der Waals surface area (Å²) >= 11 is 0. The smallest absolute Gasteiger partial charge is 0.349 e. The molecule has 0 unspecified atom stereocenters. The lowest BCUT2D eigenvalue weighted by atomic mass is 10.1. The van der Waals surface area contributed by atoms with E-state index in [2.05, 4.69) is 17.2 Å². The molecule has 0 heterocycles. The molecule has 0 saturated carbocycles. The second kappa shape index (κ2) is 8.33. The van der Waals surface area contributed by atoms with Gasteiger partial charge in [-0.2, -0.15) is 13.2 Å². The van der Waals surface area contributed by atoms with Crippen molar-refractivity contribution in [1.82, 2.24) is 5.32 Å². The van der Waals surface area contributed by atoms with Crippen LogP contribution in [-0.4, -0.2) is 18.4 Å². The molecule has 2 N–H and O–H groups in total. The Kier molecular flexibility index (Phi) is 6.16. The molecule has 0 bridgehead atoms. The van der Waals surface area contributed by atoms with Crippen molar-refractivity contribution in [3.63, 3.8) is 0 Å². The van der Waals surface area contributed by atoms with Gasteiger partial charge in [0, 0.05) is 6.54 Å². The van der Waals surface area contributed by atoms with E-state index in [1.165, 1.54) is 24.3 Å². The fourth-order valence-corrected chi connectivity index (χ4v) is 2.29. The summed E-state index contributed by atoms with van der Waals surface area (Å²) in [4.78, 5) is 24.3. The van der Waals surface area contributed by atoms with E-state index < -0.39 is 17.6 Å². The third-order valence-electron chi connectivity index (χ3n) is 3.47.